The molecular formula is C16H19BrO8. The lowest BCUT2D eigenvalue weighted by atomic mass is 10.1. The minimum Gasteiger partial charge on any atom is -0.504 e. The summed E-state index contributed by atoms with van der Waals surface area (Å²) in [6.07, 6.45) is 0. The number of carbonyl (C=O) groups is 3. The van der Waals surface area contributed by atoms with Crippen molar-refractivity contribution in [3.63, 3.8) is 0 Å². The number of aromatic hydroxyl groups is 1. The van der Waals surface area contributed by atoms with Crippen LogP contribution in [0.25, 0.3) is 0 Å². The van der Waals surface area contributed by atoms with Crippen molar-refractivity contribution in [1.82, 2.24) is 0 Å². The molecule has 0 unspecified atom stereocenters. The van der Waals surface area contributed by atoms with Crippen LogP contribution < -0.4 is 9.47 Å². The number of hydrogen-bond acceptors (Lipinski definition) is 8. The molecule has 138 valence electrons. The van der Waals surface area contributed by atoms with Gasteiger partial charge in [0.1, 0.15) is 0 Å². The van der Waals surface area contributed by atoms with E-state index in [0.717, 1.165) is 0 Å². The molecule has 0 aromatic heterocycles. The Bertz CT molecular complexity index is 629. The monoisotopic (exact) mass is 418 g/mol. The van der Waals surface area contributed by atoms with Crippen LogP contribution in [0.5, 0.6) is 17.2 Å². The number of alkyl halides is 1. The van der Waals surface area contributed by atoms with Crippen molar-refractivity contribution in [3.8, 4) is 17.2 Å². The van der Waals surface area contributed by atoms with Gasteiger partial charge in [0.15, 0.2) is 30.5 Å². The number of rotatable bonds is 10. The largest absolute Gasteiger partial charge is 0.504 e. The van der Waals surface area contributed by atoms with E-state index >= 15 is 0 Å². The van der Waals surface area contributed by atoms with Gasteiger partial charge in [-0.15, -0.1) is 0 Å². The molecular weight excluding hydrogens is 400 g/mol. The van der Waals surface area contributed by atoms with Crippen LogP contribution in [0.15, 0.2) is 12.1 Å². The highest BCUT2D eigenvalue weighted by Gasteiger charge is 2.21. The standard InChI is InChI=1S/C16H19BrO8/c1-3-22-13(19)8-24-12-6-5-10(11(18)7-17)15(21)16(12)25-9-14(20)23-4-2/h5-6,21H,3-4,7-9H2,1-2H3. The Balaban J connectivity index is 3.04. The van der Waals surface area contributed by atoms with E-state index < -0.39 is 36.7 Å². The average Bonchev–Trinajstić information content (AvgIpc) is 2.59. The number of ether oxygens (including phenoxy) is 4. The molecule has 0 aliphatic heterocycles. The maximum absolute atomic E-state index is 11.8. The van der Waals surface area contributed by atoms with Gasteiger partial charge < -0.3 is 24.1 Å². The zero-order valence-corrected chi connectivity index (χ0v) is 15.5. The zero-order chi connectivity index (χ0) is 18.8. The molecule has 0 atom stereocenters. The Labute approximate surface area is 153 Å². The van der Waals surface area contributed by atoms with Gasteiger partial charge in [-0.3, -0.25) is 4.79 Å². The van der Waals surface area contributed by atoms with Crippen molar-refractivity contribution in [2.75, 3.05) is 31.8 Å². The molecule has 0 aliphatic carbocycles. The van der Waals surface area contributed by atoms with Crippen LogP contribution in [-0.2, 0) is 19.1 Å². The molecule has 0 spiro atoms. The highest BCUT2D eigenvalue weighted by Crippen LogP contribution is 2.39. The zero-order valence-electron chi connectivity index (χ0n) is 13.9. The first kappa shape index (κ1) is 20.8. The van der Waals surface area contributed by atoms with Gasteiger partial charge in [-0.25, -0.2) is 9.59 Å². The van der Waals surface area contributed by atoms with Crippen molar-refractivity contribution < 1.29 is 38.4 Å². The van der Waals surface area contributed by atoms with Gasteiger partial charge in [0.05, 0.1) is 24.1 Å². The van der Waals surface area contributed by atoms with Crippen molar-refractivity contribution in [3.05, 3.63) is 17.7 Å². The molecule has 8 nitrogen and oxygen atoms in total. The Kier molecular flexibility index (Phi) is 8.76. The van der Waals surface area contributed by atoms with Crippen LogP contribution in [-0.4, -0.2) is 54.6 Å². The maximum Gasteiger partial charge on any atom is 0.344 e. The van der Waals surface area contributed by atoms with E-state index in [1.165, 1.54) is 12.1 Å². The highest BCUT2D eigenvalue weighted by atomic mass is 79.9. The predicted octanol–water partition coefficient (Wildman–Crippen LogP) is 1.85. The average molecular weight is 419 g/mol. The number of halogens is 1. The molecule has 0 saturated carbocycles. The van der Waals surface area contributed by atoms with Crippen molar-refractivity contribution in [1.29, 1.82) is 0 Å². The lowest BCUT2D eigenvalue weighted by Crippen LogP contribution is -2.17. The van der Waals surface area contributed by atoms with Crippen molar-refractivity contribution >= 4 is 33.7 Å². The van der Waals surface area contributed by atoms with Crippen LogP contribution in [0, 0.1) is 0 Å². The van der Waals surface area contributed by atoms with E-state index in [0.29, 0.717) is 0 Å². The van der Waals surface area contributed by atoms with Crippen LogP contribution in [0.3, 0.4) is 0 Å². The summed E-state index contributed by atoms with van der Waals surface area (Å²) < 4.78 is 20.0. The van der Waals surface area contributed by atoms with Gasteiger partial charge in [-0.1, -0.05) is 15.9 Å². The normalized spacial score (nSPS) is 10.0. The molecule has 0 radical (unpaired) electrons. The molecule has 1 aromatic rings. The minimum absolute atomic E-state index is 0.0130. The predicted molar refractivity (Wildman–Crippen MR) is 90.5 cm³/mol. The lowest BCUT2D eigenvalue weighted by molar-refractivity contribution is -0.146. The van der Waals surface area contributed by atoms with Gasteiger partial charge in [-0.2, -0.15) is 0 Å². The molecule has 1 aromatic carbocycles. The Morgan fingerprint density at radius 2 is 1.56 bits per heavy atom. The van der Waals surface area contributed by atoms with E-state index in [-0.39, 0.29) is 35.6 Å². The summed E-state index contributed by atoms with van der Waals surface area (Å²) in [5, 5.41) is 10.3. The fourth-order valence-corrected chi connectivity index (χ4v) is 2.08. The Hall–Kier alpha value is -2.29. The van der Waals surface area contributed by atoms with Crippen LogP contribution in [0.1, 0.15) is 24.2 Å². The second-order valence-electron chi connectivity index (χ2n) is 4.53. The number of hydrogen-bond donors (Lipinski definition) is 1. The van der Waals surface area contributed by atoms with Gasteiger partial charge in [-0.05, 0) is 26.0 Å². The number of phenolic OH excluding ortho intramolecular Hbond substituents is 1. The number of Topliss-reactive ketones (excluding diaryl/α,β-unsaturated/α-hetero) is 1. The summed E-state index contributed by atoms with van der Waals surface area (Å²) in [6, 6.07) is 2.69. The summed E-state index contributed by atoms with van der Waals surface area (Å²) in [4.78, 5) is 34.7. The third kappa shape index (κ3) is 6.26. The number of esters is 2. The van der Waals surface area contributed by atoms with Gasteiger partial charge in [0, 0.05) is 0 Å². The highest BCUT2D eigenvalue weighted by molar-refractivity contribution is 9.09. The van der Waals surface area contributed by atoms with Crippen molar-refractivity contribution in [2.24, 2.45) is 0 Å². The van der Waals surface area contributed by atoms with Crippen LogP contribution in [0.2, 0.25) is 0 Å². The quantitative estimate of drug-likeness (QED) is 0.348. The molecule has 0 fully saturated rings. The molecule has 0 aliphatic rings. The molecule has 0 amide bonds. The summed E-state index contributed by atoms with van der Waals surface area (Å²) in [5.74, 6) is -2.40. The SMILES string of the molecule is CCOC(=O)COc1ccc(C(=O)CBr)c(O)c1OCC(=O)OCC. The molecule has 1 N–H and O–H groups in total. The second kappa shape index (κ2) is 10.5. The first-order chi connectivity index (χ1) is 11.9. The minimum atomic E-state index is -0.657. The van der Waals surface area contributed by atoms with E-state index in [1.807, 2.05) is 0 Å². The second-order valence-corrected chi connectivity index (χ2v) is 5.09. The van der Waals surface area contributed by atoms with E-state index in [2.05, 4.69) is 15.9 Å². The van der Waals surface area contributed by atoms with E-state index in [4.69, 9.17) is 18.9 Å². The van der Waals surface area contributed by atoms with Crippen LogP contribution in [0.4, 0.5) is 0 Å². The maximum atomic E-state index is 11.8. The molecule has 0 heterocycles. The molecule has 9 heteroatoms. The van der Waals surface area contributed by atoms with Gasteiger partial charge in [0.2, 0.25) is 5.75 Å². The molecule has 25 heavy (non-hydrogen) atoms. The number of ketones is 1. The summed E-state index contributed by atoms with van der Waals surface area (Å²) in [6.45, 7) is 2.73. The van der Waals surface area contributed by atoms with Crippen molar-refractivity contribution in [2.45, 2.75) is 13.8 Å². The van der Waals surface area contributed by atoms with E-state index in [9.17, 15) is 19.5 Å². The lowest BCUT2D eigenvalue weighted by Gasteiger charge is -2.15. The molecule has 0 bridgehead atoms. The first-order valence-corrected chi connectivity index (χ1v) is 8.58. The Morgan fingerprint density at radius 1 is 1.00 bits per heavy atom. The fourth-order valence-electron chi connectivity index (χ4n) is 1.78. The number of benzene rings is 1. The fraction of sp³-hybridized carbons (Fsp3) is 0.438. The number of carbonyl (C=O) groups excluding carboxylic acids is 3. The molecule has 0 saturated heterocycles. The molecule has 1 rings (SSSR count). The number of phenols is 1. The smallest absolute Gasteiger partial charge is 0.344 e. The summed E-state index contributed by atoms with van der Waals surface area (Å²) >= 11 is 3.01. The van der Waals surface area contributed by atoms with E-state index in [1.54, 1.807) is 13.8 Å². The third-order valence-corrected chi connectivity index (χ3v) is 3.32. The van der Waals surface area contributed by atoms with Crippen LogP contribution >= 0.6 is 15.9 Å². The topological polar surface area (TPSA) is 108 Å². The summed E-state index contributed by atoms with van der Waals surface area (Å²) in [5.41, 5.74) is -0.0146. The van der Waals surface area contributed by atoms with Gasteiger partial charge in [0.25, 0.3) is 0 Å². The first-order valence-electron chi connectivity index (χ1n) is 7.46. The summed E-state index contributed by atoms with van der Waals surface area (Å²) in [7, 11) is 0. The Morgan fingerprint density at radius 3 is 2.08 bits per heavy atom. The third-order valence-electron chi connectivity index (χ3n) is 2.81. The van der Waals surface area contributed by atoms with Gasteiger partial charge >= 0.3 is 11.9 Å².